The zero-order chi connectivity index (χ0) is 23.1. The lowest BCUT2D eigenvalue weighted by Crippen LogP contribution is -2.13. The van der Waals surface area contributed by atoms with E-state index >= 15 is 0 Å². The van der Waals surface area contributed by atoms with Crippen molar-refractivity contribution in [1.82, 2.24) is 0 Å². The summed E-state index contributed by atoms with van der Waals surface area (Å²) in [7, 11) is 0. The summed E-state index contributed by atoms with van der Waals surface area (Å²) in [5.74, 6) is 1.32. The summed E-state index contributed by atoms with van der Waals surface area (Å²) in [4.78, 5) is 3.08. The number of unbranched alkanes of at least 4 members (excludes halogenated alkanes) is 2. The van der Waals surface area contributed by atoms with E-state index in [2.05, 4.69) is 36.0 Å². The number of nitrogens with zero attached hydrogens (tertiary/aromatic N) is 1. The minimum Gasteiger partial charge on any atom is -0.203 e. The normalized spacial score (nSPS) is 17.9. The number of hydrogen-bond donors (Lipinski definition) is 0. The Balaban J connectivity index is 1.71. The van der Waals surface area contributed by atoms with Gasteiger partial charge in [0.25, 0.3) is 0 Å². The maximum absolute atomic E-state index is 14.4. The average molecular weight is 460 g/mol. The van der Waals surface area contributed by atoms with Gasteiger partial charge < -0.3 is 0 Å². The van der Waals surface area contributed by atoms with Gasteiger partial charge in [-0.05, 0) is 61.5 Å². The molecule has 6 heteroatoms. The molecule has 1 aliphatic carbocycles. The first-order valence-corrected chi connectivity index (χ1v) is 11.4. The SMILES string of the molecule is CCCCCC1CCC(C#Cc2ccc(-c3c(F)c(F)c(N=C=S)c(F)c3F)cc2)CC1. The molecule has 32 heavy (non-hydrogen) atoms. The molecule has 0 radical (unpaired) electrons. The molecule has 3 rings (SSSR count). The predicted octanol–water partition coefficient (Wildman–Crippen LogP) is 8.38. The van der Waals surface area contributed by atoms with Crippen LogP contribution in [0.2, 0.25) is 0 Å². The second kappa shape index (κ2) is 11.4. The Bertz CT molecular complexity index is 1020. The molecule has 2 aromatic rings. The van der Waals surface area contributed by atoms with Crippen LogP contribution in [0, 0.1) is 46.9 Å². The first-order valence-electron chi connectivity index (χ1n) is 11.0. The fraction of sp³-hybridized carbons (Fsp3) is 0.423. The topological polar surface area (TPSA) is 12.4 Å². The molecule has 2 aromatic carbocycles. The predicted molar refractivity (Wildman–Crippen MR) is 123 cm³/mol. The average Bonchev–Trinajstić information content (AvgIpc) is 2.81. The maximum Gasteiger partial charge on any atom is 0.189 e. The lowest BCUT2D eigenvalue weighted by Gasteiger charge is -2.25. The largest absolute Gasteiger partial charge is 0.203 e. The van der Waals surface area contributed by atoms with Crippen molar-refractivity contribution in [2.45, 2.75) is 58.3 Å². The molecule has 1 aliphatic rings. The Kier molecular flexibility index (Phi) is 8.61. The number of thiocarbonyl (C=S) groups is 1. The molecular weight excluding hydrogens is 434 g/mol. The van der Waals surface area contributed by atoms with E-state index in [4.69, 9.17) is 0 Å². The fourth-order valence-electron chi connectivity index (χ4n) is 4.20. The molecule has 1 saturated carbocycles. The molecule has 0 amide bonds. The Hall–Kier alpha value is -2.48. The van der Waals surface area contributed by atoms with E-state index < -0.39 is 34.5 Å². The molecule has 1 nitrogen and oxygen atoms in total. The third kappa shape index (κ3) is 5.65. The van der Waals surface area contributed by atoms with Gasteiger partial charge in [0.15, 0.2) is 29.0 Å². The van der Waals surface area contributed by atoms with Crippen LogP contribution in [-0.4, -0.2) is 5.16 Å². The molecule has 0 atom stereocenters. The van der Waals surface area contributed by atoms with Crippen LogP contribution in [0.1, 0.15) is 63.9 Å². The second-order valence-corrected chi connectivity index (χ2v) is 8.43. The third-order valence-electron chi connectivity index (χ3n) is 6.05. The highest BCUT2D eigenvalue weighted by Crippen LogP contribution is 2.36. The Morgan fingerprint density at radius 3 is 2.09 bits per heavy atom. The number of rotatable bonds is 6. The standard InChI is InChI=1S/C26H25F4NS/c1-2-3-4-5-17-6-8-18(9-7-17)10-11-19-12-14-20(15-13-19)21-22(27)24(29)26(31-16-32)25(30)23(21)28/h12-15,17-18H,2-9H2,1H3. The van der Waals surface area contributed by atoms with Crippen molar-refractivity contribution in [3.05, 3.63) is 53.1 Å². The molecule has 0 bridgehead atoms. The summed E-state index contributed by atoms with van der Waals surface area (Å²) in [6, 6.07) is 5.99. The van der Waals surface area contributed by atoms with E-state index in [1.54, 1.807) is 17.3 Å². The number of halogens is 4. The van der Waals surface area contributed by atoms with Crippen LogP contribution in [0.15, 0.2) is 29.3 Å². The quantitative estimate of drug-likeness (QED) is 0.106. The van der Waals surface area contributed by atoms with Gasteiger partial charge in [0.1, 0.15) is 0 Å². The zero-order valence-electron chi connectivity index (χ0n) is 18.0. The van der Waals surface area contributed by atoms with Crippen molar-refractivity contribution in [3.63, 3.8) is 0 Å². The summed E-state index contributed by atoms with van der Waals surface area (Å²) in [6.07, 6.45) is 9.76. The van der Waals surface area contributed by atoms with Crippen molar-refractivity contribution < 1.29 is 17.6 Å². The molecule has 1 fully saturated rings. The van der Waals surface area contributed by atoms with Crippen molar-refractivity contribution in [2.75, 3.05) is 0 Å². The molecular formula is C26H25F4NS. The van der Waals surface area contributed by atoms with Crippen LogP contribution >= 0.6 is 12.2 Å². The van der Waals surface area contributed by atoms with Crippen LogP contribution < -0.4 is 0 Å². The van der Waals surface area contributed by atoms with Gasteiger partial charge in [0.05, 0.1) is 10.7 Å². The van der Waals surface area contributed by atoms with Gasteiger partial charge in [0.2, 0.25) is 0 Å². The number of isothiocyanates is 1. The maximum atomic E-state index is 14.4. The molecule has 0 N–H and O–H groups in total. The Labute approximate surface area is 192 Å². The highest BCUT2D eigenvalue weighted by atomic mass is 32.1. The molecule has 0 aromatic heterocycles. The molecule has 0 heterocycles. The lowest BCUT2D eigenvalue weighted by molar-refractivity contribution is 0.294. The lowest BCUT2D eigenvalue weighted by atomic mass is 9.80. The first kappa shape index (κ1) is 24.2. The van der Waals surface area contributed by atoms with E-state index in [0.29, 0.717) is 11.5 Å². The Morgan fingerprint density at radius 1 is 0.906 bits per heavy atom. The van der Waals surface area contributed by atoms with Crippen molar-refractivity contribution in [1.29, 1.82) is 0 Å². The third-order valence-corrected chi connectivity index (χ3v) is 6.15. The van der Waals surface area contributed by atoms with Gasteiger partial charge >= 0.3 is 0 Å². The number of benzene rings is 2. The van der Waals surface area contributed by atoms with Gasteiger partial charge in [-0.15, -0.1) is 0 Å². The summed E-state index contributed by atoms with van der Waals surface area (Å²) in [6.45, 7) is 2.22. The van der Waals surface area contributed by atoms with E-state index in [9.17, 15) is 17.6 Å². The summed E-state index contributed by atoms with van der Waals surface area (Å²) in [5.41, 5.74) is -1.22. The zero-order valence-corrected chi connectivity index (χ0v) is 18.8. The van der Waals surface area contributed by atoms with Crippen LogP contribution in [-0.2, 0) is 0 Å². The van der Waals surface area contributed by atoms with E-state index in [1.165, 1.54) is 50.7 Å². The van der Waals surface area contributed by atoms with Crippen LogP contribution in [0.5, 0.6) is 0 Å². The summed E-state index contributed by atoms with van der Waals surface area (Å²) < 4.78 is 57.0. The van der Waals surface area contributed by atoms with Crippen LogP contribution in [0.3, 0.4) is 0 Å². The summed E-state index contributed by atoms with van der Waals surface area (Å²) in [5, 5.41) is 1.72. The number of aliphatic imine (C=N–C) groups is 1. The van der Waals surface area contributed by atoms with E-state index in [0.717, 1.165) is 18.8 Å². The second-order valence-electron chi connectivity index (χ2n) is 8.24. The molecule has 0 spiro atoms. The van der Waals surface area contributed by atoms with Crippen LogP contribution in [0.4, 0.5) is 23.2 Å². The van der Waals surface area contributed by atoms with E-state index in [-0.39, 0.29) is 5.56 Å². The van der Waals surface area contributed by atoms with Gasteiger partial charge in [-0.1, -0.05) is 56.6 Å². The monoisotopic (exact) mass is 459 g/mol. The molecule has 168 valence electrons. The van der Waals surface area contributed by atoms with Crippen LogP contribution in [0.25, 0.3) is 11.1 Å². The highest BCUT2D eigenvalue weighted by molar-refractivity contribution is 7.78. The molecule has 0 unspecified atom stereocenters. The Morgan fingerprint density at radius 2 is 1.53 bits per heavy atom. The van der Waals surface area contributed by atoms with Gasteiger partial charge in [0, 0.05) is 11.5 Å². The fourth-order valence-corrected chi connectivity index (χ4v) is 4.29. The van der Waals surface area contributed by atoms with Crippen molar-refractivity contribution in [3.8, 4) is 23.0 Å². The van der Waals surface area contributed by atoms with Gasteiger partial charge in [-0.2, -0.15) is 4.99 Å². The number of hydrogen-bond acceptors (Lipinski definition) is 2. The van der Waals surface area contributed by atoms with E-state index in [1.807, 2.05) is 0 Å². The van der Waals surface area contributed by atoms with Gasteiger partial charge in [-0.25, -0.2) is 17.6 Å². The molecule has 0 saturated heterocycles. The van der Waals surface area contributed by atoms with Gasteiger partial charge in [-0.3, -0.25) is 0 Å². The first-order chi connectivity index (χ1) is 15.5. The minimum atomic E-state index is -1.61. The molecule has 0 aliphatic heterocycles. The van der Waals surface area contributed by atoms with Crippen molar-refractivity contribution in [2.24, 2.45) is 16.8 Å². The van der Waals surface area contributed by atoms with Crippen molar-refractivity contribution >= 4 is 23.1 Å². The minimum absolute atomic E-state index is 0.00817. The smallest absolute Gasteiger partial charge is 0.189 e. The summed E-state index contributed by atoms with van der Waals surface area (Å²) >= 11 is 4.27. The highest BCUT2D eigenvalue weighted by Gasteiger charge is 2.26.